The van der Waals surface area contributed by atoms with Gasteiger partial charge in [-0.3, -0.25) is 4.79 Å². The molecule has 2 atom stereocenters. The molecule has 5 heteroatoms. The highest BCUT2D eigenvalue weighted by Gasteiger charge is 2.30. The number of benzene rings is 1. The van der Waals surface area contributed by atoms with Gasteiger partial charge in [0.25, 0.3) is 0 Å². The van der Waals surface area contributed by atoms with Gasteiger partial charge in [-0.05, 0) is 56.4 Å². The highest BCUT2D eigenvalue weighted by Crippen LogP contribution is 2.21. The first-order chi connectivity index (χ1) is 11.2. The molecule has 23 heavy (non-hydrogen) atoms. The smallest absolute Gasteiger partial charge is 0.222 e. The zero-order chi connectivity index (χ0) is 16.1. The molecular formula is C18H25BrN2O2. The van der Waals surface area contributed by atoms with Crippen molar-refractivity contribution in [1.29, 1.82) is 0 Å². The third-order valence-electron chi connectivity index (χ3n) is 4.74. The number of likely N-dealkylation sites (tertiary alicyclic amines) is 1. The number of hydrogen-bond donors (Lipinski definition) is 1. The number of hydrogen-bond acceptors (Lipinski definition) is 3. The van der Waals surface area contributed by atoms with E-state index in [4.69, 9.17) is 4.74 Å². The van der Waals surface area contributed by atoms with Crippen LogP contribution >= 0.6 is 15.9 Å². The summed E-state index contributed by atoms with van der Waals surface area (Å²) < 4.78 is 6.74. The maximum Gasteiger partial charge on any atom is 0.222 e. The lowest BCUT2D eigenvalue weighted by Crippen LogP contribution is -2.38. The van der Waals surface area contributed by atoms with Crippen LogP contribution in [-0.4, -0.2) is 42.6 Å². The lowest BCUT2D eigenvalue weighted by Gasteiger charge is -2.24. The number of carbonyl (C=O) groups excluding carboxylic acids is 1. The van der Waals surface area contributed by atoms with E-state index in [1.807, 2.05) is 24.3 Å². The molecule has 0 radical (unpaired) electrons. The molecule has 2 fully saturated rings. The molecule has 2 saturated heterocycles. The Hall–Kier alpha value is -1.07. The lowest BCUT2D eigenvalue weighted by molar-refractivity contribution is -0.131. The zero-order valence-electron chi connectivity index (χ0n) is 13.5. The second-order valence-corrected chi connectivity index (χ2v) is 7.44. The van der Waals surface area contributed by atoms with Crippen molar-refractivity contribution < 1.29 is 9.53 Å². The van der Waals surface area contributed by atoms with Crippen molar-refractivity contribution in [2.24, 2.45) is 0 Å². The van der Waals surface area contributed by atoms with Crippen LogP contribution in [-0.2, 0) is 4.79 Å². The quantitative estimate of drug-likeness (QED) is 0.769. The Kier molecular flexibility index (Phi) is 5.95. The molecule has 0 saturated carbocycles. The van der Waals surface area contributed by atoms with Crippen LogP contribution in [0.4, 0.5) is 0 Å². The fraction of sp³-hybridized carbons (Fsp3) is 0.611. The number of fused-ring (bicyclic) bond motifs is 2. The van der Waals surface area contributed by atoms with Gasteiger partial charge in [0.2, 0.25) is 5.91 Å². The van der Waals surface area contributed by atoms with Crippen LogP contribution in [0, 0.1) is 0 Å². The van der Waals surface area contributed by atoms with Crippen LogP contribution in [0.2, 0.25) is 0 Å². The second kappa shape index (κ2) is 8.15. The summed E-state index contributed by atoms with van der Waals surface area (Å²) in [6.07, 6.45) is 6.05. The number of nitrogens with one attached hydrogen (secondary N) is 1. The Morgan fingerprint density at radius 2 is 1.96 bits per heavy atom. The van der Waals surface area contributed by atoms with E-state index in [1.165, 1.54) is 12.8 Å². The fourth-order valence-electron chi connectivity index (χ4n) is 3.43. The Labute approximate surface area is 146 Å². The molecule has 1 N–H and O–H groups in total. The van der Waals surface area contributed by atoms with E-state index in [0.29, 0.717) is 31.0 Å². The van der Waals surface area contributed by atoms with Crippen LogP contribution in [0.15, 0.2) is 28.7 Å². The van der Waals surface area contributed by atoms with Gasteiger partial charge in [0, 0.05) is 36.1 Å². The maximum atomic E-state index is 12.3. The Morgan fingerprint density at radius 1 is 1.17 bits per heavy atom. The SMILES string of the molecule is O=C(CCCCOc1ccc(Br)cc1)N1CCC2CCC(C1)N2. The van der Waals surface area contributed by atoms with Crippen LogP contribution < -0.4 is 10.1 Å². The van der Waals surface area contributed by atoms with Crippen molar-refractivity contribution in [3.05, 3.63) is 28.7 Å². The van der Waals surface area contributed by atoms with E-state index >= 15 is 0 Å². The number of halogens is 1. The van der Waals surface area contributed by atoms with Crippen LogP contribution in [0.3, 0.4) is 0 Å². The molecule has 0 aliphatic carbocycles. The van der Waals surface area contributed by atoms with Gasteiger partial charge in [-0.2, -0.15) is 0 Å². The molecule has 0 spiro atoms. The molecule has 1 aromatic rings. The topological polar surface area (TPSA) is 41.6 Å². The molecule has 1 aromatic carbocycles. The highest BCUT2D eigenvalue weighted by atomic mass is 79.9. The van der Waals surface area contributed by atoms with Crippen molar-refractivity contribution in [3.63, 3.8) is 0 Å². The first-order valence-corrected chi connectivity index (χ1v) is 9.42. The first-order valence-electron chi connectivity index (χ1n) is 8.63. The summed E-state index contributed by atoms with van der Waals surface area (Å²) in [6.45, 7) is 2.48. The van der Waals surface area contributed by atoms with Crippen LogP contribution in [0.25, 0.3) is 0 Å². The summed E-state index contributed by atoms with van der Waals surface area (Å²) in [5.74, 6) is 1.19. The van der Waals surface area contributed by atoms with Crippen molar-refractivity contribution in [1.82, 2.24) is 10.2 Å². The van der Waals surface area contributed by atoms with Crippen LogP contribution in [0.5, 0.6) is 5.75 Å². The fourth-order valence-corrected chi connectivity index (χ4v) is 3.69. The molecule has 2 bridgehead atoms. The molecule has 2 aliphatic rings. The predicted octanol–water partition coefficient (Wildman–Crippen LogP) is 3.35. The zero-order valence-corrected chi connectivity index (χ0v) is 15.1. The third-order valence-corrected chi connectivity index (χ3v) is 5.27. The van der Waals surface area contributed by atoms with E-state index in [9.17, 15) is 4.79 Å². The van der Waals surface area contributed by atoms with E-state index in [1.54, 1.807) is 0 Å². The van der Waals surface area contributed by atoms with E-state index < -0.39 is 0 Å². The van der Waals surface area contributed by atoms with Gasteiger partial charge >= 0.3 is 0 Å². The molecule has 2 heterocycles. The van der Waals surface area contributed by atoms with Crippen molar-refractivity contribution in [2.75, 3.05) is 19.7 Å². The minimum absolute atomic E-state index is 0.308. The van der Waals surface area contributed by atoms with Crippen molar-refractivity contribution in [2.45, 2.75) is 50.6 Å². The van der Waals surface area contributed by atoms with Crippen molar-refractivity contribution in [3.8, 4) is 5.75 Å². The average molecular weight is 381 g/mol. The summed E-state index contributed by atoms with van der Waals surface area (Å²) in [5.41, 5.74) is 0. The number of carbonyl (C=O) groups is 1. The standard InChI is InChI=1S/C18H25BrN2O2/c19-14-4-8-17(9-5-14)23-12-2-1-3-18(22)21-11-10-15-6-7-16(13-21)20-15/h4-5,8-9,15-16,20H,1-3,6-7,10-13H2. The Morgan fingerprint density at radius 3 is 2.78 bits per heavy atom. The lowest BCUT2D eigenvalue weighted by atomic mass is 10.1. The first kappa shape index (κ1) is 16.8. The van der Waals surface area contributed by atoms with Gasteiger partial charge in [0.05, 0.1) is 6.61 Å². The molecule has 1 amide bonds. The summed E-state index contributed by atoms with van der Waals surface area (Å²) >= 11 is 3.41. The number of rotatable bonds is 6. The molecule has 126 valence electrons. The van der Waals surface area contributed by atoms with E-state index in [0.717, 1.165) is 42.6 Å². The molecular weight excluding hydrogens is 356 g/mol. The van der Waals surface area contributed by atoms with Gasteiger partial charge in [-0.25, -0.2) is 0 Å². The number of amides is 1. The molecule has 2 aliphatic heterocycles. The summed E-state index contributed by atoms with van der Waals surface area (Å²) in [6, 6.07) is 9.01. The van der Waals surface area contributed by atoms with E-state index in [2.05, 4.69) is 26.1 Å². The minimum Gasteiger partial charge on any atom is -0.494 e. The summed E-state index contributed by atoms with van der Waals surface area (Å²) in [5, 5.41) is 3.62. The van der Waals surface area contributed by atoms with Gasteiger partial charge in [-0.15, -0.1) is 0 Å². The van der Waals surface area contributed by atoms with Gasteiger partial charge in [0.1, 0.15) is 5.75 Å². The Bertz CT molecular complexity index is 520. The number of nitrogens with zero attached hydrogens (tertiary/aromatic N) is 1. The monoisotopic (exact) mass is 380 g/mol. The summed E-state index contributed by atoms with van der Waals surface area (Å²) in [4.78, 5) is 14.4. The predicted molar refractivity (Wildman–Crippen MR) is 94.6 cm³/mol. The van der Waals surface area contributed by atoms with Gasteiger partial charge in [0.15, 0.2) is 0 Å². The van der Waals surface area contributed by atoms with Crippen molar-refractivity contribution >= 4 is 21.8 Å². The molecule has 4 nitrogen and oxygen atoms in total. The Balaban J connectivity index is 1.32. The second-order valence-electron chi connectivity index (χ2n) is 6.53. The summed E-state index contributed by atoms with van der Waals surface area (Å²) in [7, 11) is 0. The van der Waals surface area contributed by atoms with Gasteiger partial charge in [-0.1, -0.05) is 15.9 Å². The highest BCUT2D eigenvalue weighted by molar-refractivity contribution is 9.10. The number of unbranched alkanes of at least 4 members (excludes halogenated alkanes) is 1. The normalized spacial score (nSPS) is 23.6. The largest absolute Gasteiger partial charge is 0.494 e. The van der Waals surface area contributed by atoms with Gasteiger partial charge < -0.3 is 15.0 Å². The van der Waals surface area contributed by atoms with Crippen LogP contribution in [0.1, 0.15) is 38.5 Å². The maximum absolute atomic E-state index is 12.3. The molecule has 2 unspecified atom stereocenters. The number of ether oxygens (including phenoxy) is 1. The molecule has 0 aromatic heterocycles. The average Bonchev–Trinajstić information content (AvgIpc) is 2.87. The minimum atomic E-state index is 0.308. The third kappa shape index (κ3) is 4.95. The molecule has 3 rings (SSSR count). The van der Waals surface area contributed by atoms with E-state index in [-0.39, 0.29) is 0 Å².